The summed E-state index contributed by atoms with van der Waals surface area (Å²) < 4.78 is 37.7. The van der Waals surface area contributed by atoms with Crippen molar-refractivity contribution in [1.82, 2.24) is 10.3 Å². The minimum Gasteiger partial charge on any atom is -0.369 e. The highest BCUT2D eigenvalue weighted by Gasteiger charge is 2.33. The molecular formula is C14H15F3N4S. The van der Waals surface area contributed by atoms with Crippen LogP contribution in [-0.4, -0.2) is 31.2 Å². The third-order valence-corrected chi connectivity index (χ3v) is 4.13. The number of rotatable bonds is 3. The first-order valence-electron chi connectivity index (χ1n) is 6.88. The molecule has 1 aromatic carbocycles. The summed E-state index contributed by atoms with van der Waals surface area (Å²) in [5, 5.41) is 7.48. The van der Waals surface area contributed by atoms with Gasteiger partial charge in [-0.3, -0.25) is 0 Å². The average Bonchev–Trinajstić information content (AvgIpc) is 2.97. The quantitative estimate of drug-likeness (QED) is 0.907. The lowest BCUT2D eigenvalue weighted by atomic mass is 10.2. The van der Waals surface area contributed by atoms with Gasteiger partial charge in [0.2, 0.25) is 0 Å². The second-order valence-electron chi connectivity index (χ2n) is 4.95. The largest absolute Gasteiger partial charge is 0.434 e. The van der Waals surface area contributed by atoms with Crippen LogP contribution in [0, 0.1) is 0 Å². The van der Waals surface area contributed by atoms with Gasteiger partial charge in [-0.25, -0.2) is 4.98 Å². The third kappa shape index (κ3) is 3.50. The zero-order valence-electron chi connectivity index (χ0n) is 11.7. The predicted octanol–water partition coefficient (Wildman–Crippen LogP) is 3.32. The normalized spacial score (nSPS) is 15.9. The number of nitrogens with zero attached hydrogens (tertiary/aromatic N) is 2. The summed E-state index contributed by atoms with van der Waals surface area (Å²) in [5.41, 5.74) is 0.927. The van der Waals surface area contributed by atoms with E-state index in [-0.39, 0.29) is 5.13 Å². The molecule has 1 saturated heterocycles. The van der Waals surface area contributed by atoms with Crippen LogP contribution >= 0.6 is 11.3 Å². The number of hydrogen-bond donors (Lipinski definition) is 2. The summed E-state index contributed by atoms with van der Waals surface area (Å²) in [4.78, 5) is 5.82. The topological polar surface area (TPSA) is 40.2 Å². The number of benzene rings is 1. The van der Waals surface area contributed by atoms with E-state index in [9.17, 15) is 13.2 Å². The lowest BCUT2D eigenvalue weighted by Crippen LogP contribution is -2.43. The highest BCUT2D eigenvalue weighted by Crippen LogP contribution is 2.33. The Kier molecular flexibility index (Phi) is 4.21. The van der Waals surface area contributed by atoms with Crippen molar-refractivity contribution in [1.29, 1.82) is 0 Å². The fourth-order valence-electron chi connectivity index (χ4n) is 2.29. The van der Waals surface area contributed by atoms with Gasteiger partial charge in [-0.05, 0) is 18.2 Å². The molecule has 4 nitrogen and oxygen atoms in total. The first-order valence-corrected chi connectivity index (χ1v) is 7.76. The zero-order valence-corrected chi connectivity index (χ0v) is 12.5. The van der Waals surface area contributed by atoms with E-state index in [1.165, 1.54) is 0 Å². The zero-order chi connectivity index (χ0) is 15.6. The van der Waals surface area contributed by atoms with E-state index in [0.29, 0.717) is 0 Å². The van der Waals surface area contributed by atoms with Gasteiger partial charge < -0.3 is 15.5 Å². The molecule has 0 unspecified atom stereocenters. The van der Waals surface area contributed by atoms with E-state index >= 15 is 0 Å². The standard InChI is InChI=1S/C14H15F3N4S/c15-14(16,17)12-9-22-13(20-12)19-10-2-1-3-11(8-10)21-6-4-18-5-7-21/h1-3,8-9,18H,4-7H2,(H,19,20). The van der Waals surface area contributed by atoms with Crippen molar-refractivity contribution in [2.45, 2.75) is 6.18 Å². The monoisotopic (exact) mass is 328 g/mol. The number of piperazine rings is 1. The van der Waals surface area contributed by atoms with Gasteiger partial charge in [-0.1, -0.05) is 6.07 Å². The Balaban J connectivity index is 1.74. The SMILES string of the molecule is FC(F)(F)c1csc(Nc2cccc(N3CCNCC3)c2)n1. The van der Waals surface area contributed by atoms with Gasteiger partial charge in [0.25, 0.3) is 0 Å². The second kappa shape index (κ2) is 6.13. The molecule has 0 bridgehead atoms. The van der Waals surface area contributed by atoms with E-state index in [2.05, 4.69) is 20.5 Å². The predicted molar refractivity (Wildman–Crippen MR) is 81.9 cm³/mol. The van der Waals surface area contributed by atoms with E-state index in [1.54, 1.807) is 0 Å². The molecule has 1 fully saturated rings. The van der Waals surface area contributed by atoms with Crippen LogP contribution < -0.4 is 15.5 Å². The van der Waals surface area contributed by atoms with Crippen LogP contribution in [0.3, 0.4) is 0 Å². The van der Waals surface area contributed by atoms with E-state index in [4.69, 9.17) is 0 Å². The van der Waals surface area contributed by atoms with Crippen molar-refractivity contribution < 1.29 is 13.2 Å². The highest BCUT2D eigenvalue weighted by molar-refractivity contribution is 7.13. The maximum atomic E-state index is 12.6. The summed E-state index contributed by atoms with van der Waals surface area (Å²) in [6.45, 7) is 3.69. The molecule has 0 aliphatic carbocycles. The van der Waals surface area contributed by atoms with Gasteiger partial charge in [0.05, 0.1) is 0 Å². The van der Waals surface area contributed by atoms with Crippen molar-refractivity contribution in [3.63, 3.8) is 0 Å². The molecule has 0 amide bonds. The Bertz CT molecular complexity index is 635. The van der Waals surface area contributed by atoms with E-state index in [0.717, 1.165) is 54.3 Å². The first-order chi connectivity index (χ1) is 10.5. The number of anilines is 3. The Hall–Kier alpha value is -1.80. The molecule has 1 aliphatic heterocycles. The van der Waals surface area contributed by atoms with Gasteiger partial charge in [-0.2, -0.15) is 13.2 Å². The summed E-state index contributed by atoms with van der Waals surface area (Å²) in [7, 11) is 0. The van der Waals surface area contributed by atoms with E-state index < -0.39 is 11.9 Å². The summed E-state index contributed by atoms with van der Waals surface area (Å²) in [5.74, 6) is 0. The molecule has 1 aliphatic rings. The van der Waals surface area contributed by atoms with Crippen LogP contribution in [-0.2, 0) is 6.18 Å². The van der Waals surface area contributed by atoms with Crippen molar-refractivity contribution >= 4 is 27.8 Å². The molecule has 2 aromatic rings. The lowest BCUT2D eigenvalue weighted by molar-refractivity contribution is -0.140. The van der Waals surface area contributed by atoms with Crippen molar-refractivity contribution in [3.05, 3.63) is 35.3 Å². The Morgan fingerprint density at radius 3 is 2.68 bits per heavy atom. The number of halogens is 3. The smallest absolute Gasteiger partial charge is 0.369 e. The van der Waals surface area contributed by atoms with Gasteiger partial charge in [0.15, 0.2) is 10.8 Å². The Morgan fingerprint density at radius 2 is 2.00 bits per heavy atom. The van der Waals surface area contributed by atoms with Gasteiger partial charge in [-0.15, -0.1) is 11.3 Å². The molecular weight excluding hydrogens is 313 g/mol. The molecule has 0 saturated carbocycles. The van der Waals surface area contributed by atoms with Crippen LogP contribution in [0.5, 0.6) is 0 Å². The molecule has 0 atom stereocenters. The van der Waals surface area contributed by atoms with E-state index in [1.807, 2.05) is 24.3 Å². The fourth-order valence-corrected chi connectivity index (χ4v) is 3.03. The Labute approximate surface area is 130 Å². The number of hydrogen-bond acceptors (Lipinski definition) is 5. The average molecular weight is 328 g/mol. The van der Waals surface area contributed by atoms with Crippen LogP contribution in [0.15, 0.2) is 29.6 Å². The molecule has 1 aromatic heterocycles. The van der Waals surface area contributed by atoms with Crippen molar-refractivity contribution in [2.24, 2.45) is 0 Å². The minimum absolute atomic E-state index is 0.241. The number of alkyl halides is 3. The number of thiazole rings is 1. The molecule has 8 heteroatoms. The van der Waals surface area contributed by atoms with Crippen LogP contribution in [0.4, 0.5) is 29.7 Å². The lowest BCUT2D eigenvalue weighted by Gasteiger charge is -2.29. The molecule has 22 heavy (non-hydrogen) atoms. The number of nitrogens with one attached hydrogen (secondary N) is 2. The fraction of sp³-hybridized carbons (Fsp3) is 0.357. The summed E-state index contributed by atoms with van der Waals surface area (Å²) >= 11 is 0.947. The molecule has 3 rings (SSSR count). The second-order valence-corrected chi connectivity index (χ2v) is 5.81. The van der Waals surface area contributed by atoms with Gasteiger partial charge in [0, 0.05) is 42.9 Å². The van der Waals surface area contributed by atoms with Gasteiger partial charge >= 0.3 is 6.18 Å². The summed E-state index contributed by atoms with van der Waals surface area (Å²) in [6.07, 6.45) is -4.40. The highest BCUT2D eigenvalue weighted by atomic mass is 32.1. The van der Waals surface area contributed by atoms with Crippen molar-refractivity contribution in [3.8, 4) is 0 Å². The molecule has 118 valence electrons. The maximum Gasteiger partial charge on any atom is 0.434 e. The molecule has 2 N–H and O–H groups in total. The van der Waals surface area contributed by atoms with Crippen LogP contribution in [0.25, 0.3) is 0 Å². The van der Waals surface area contributed by atoms with Crippen LogP contribution in [0.2, 0.25) is 0 Å². The first kappa shape index (κ1) is 15.1. The molecule has 0 spiro atoms. The van der Waals surface area contributed by atoms with Gasteiger partial charge in [0.1, 0.15) is 0 Å². The number of aromatic nitrogens is 1. The van der Waals surface area contributed by atoms with Crippen LogP contribution in [0.1, 0.15) is 5.69 Å². The third-order valence-electron chi connectivity index (χ3n) is 3.37. The Morgan fingerprint density at radius 1 is 1.23 bits per heavy atom. The molecule has 2 heterocycles. The minimum atomic E-state index is -4.40. The maximum absolute atomic E-state index is 12.6. The molecule has 0 radical (unpaired) electrons. The van der Waals surface area contributed by atoms with Crippen molar-refractivity contribution in [2.75, 3.05) is 36.4 Å². The summed E-state index contributed by atoms with van der Waals surface area (Å²) in [6, 6.07) is 7.64.